The van der Waals surface area contributed by atoms with Crippen LogP contribution in [0.15, 0.2) is 78.9 Å². The Morgan fingerprint density at radius 1 is 0.952 bits per heavy atom. The minimum atomic E-state index is -1.32. The van der Waals surface area contributed by atoms with Crippen LogP contribution in [0.1, 0.15) is 48.8 Å². The molecule has 0 radical (unpaired) electrons. The highest BCUT2D eigenvalue weighted by Gasteiger charge is 2.44. The molecule has 0 aromatic heterocycles. The first-order valence-corrected chi connectivity index (χ1v) is 14.2. The highest BCUT2D eigenvalue weighted by molar-refractivity contribution is 5.93. The summed E-state index contributed by atoms with van der Waals surface area (Å²) in [6, 6.07) is 25.0. The van der Waals surface area contributed by atoms with E-state index < -0.39 is 29.6 Å². The molecule has 8 nitrogen and oxygen atoms in total. The predicted molar refractivity (Wildman–Crippen MR) is 160 cm³/mol. The van der Waals surface area contributed by atoms with Crippen molar-refractivity contribution in [3.05, 3.63) is 95.6 Å². The lowest BCUT2D eigenvalue weighted by Crippen LogP contribution is -2.64. The molecule has 3 aromatic rings. The van der Waals surface area contributed by atoms with Gasteiger partial charge in [0.1, 0.15) is 18.2 Å². The molecule has 42 heavy (non-hydrogen) atoms. The van der Waals surface area contributed by atoms with Crippen molar-refractivity contribution >= 4 is 18.0 Å². The molecule has 1 fully saturated rings. The van der Waals surface area contributed by atoms with Crippen LogP contribution in [0.3, 0.4) is 0 Å². The second kappa shape index (κ2) is 12.9. The van der Waals surface area contributed by atoms with Gasteiger partial charge in [-0.1, -0.05) is 78.9 Å². The van der Waals surface area contributed by atoms with E-state index in [1.807, 2.05) is 54.6 Å². The number of nitrogens with zero attached hydrogens (tertiary/aromatic N) is 1. The number of aliphatic carboxylic acids is 1. The average Bonchev–Trinajstić information content (AvgIpc) is 3.33. The lowest BCUT2D eigenvalue weighted by atomic mass is 9.86. The molecular formula is C34H35N3O5. The number of piperidine rings is 1. The lowest BCUT2D eigenvalue weighted by molar-refractivity contribution is -0.143. The van der Waals surface area contributed by atoms with Gasteiger partial charge < -0.3 is 20.5 Å². The Bertz CT molecular complexity index is 1460. The smallest absolute Gasteiger partial charge is 0.408 e. The van der Waals surface area contributed by atoms with Gasteiger partial charge in [-0.2, -0.15) is 0 Å². The largest absolute Gasteiger partial charge is 0.480 e. The molecule has 1 unspecified atom stereocenters. The summed E-state index contributed by atoms with van der Waals surface area (Å²) >= 11 is 0. The Hall–Kier alpha value is -4.61. The van der Waals surface area contributed by atoms with Gasteiger partial charge >= 0.3 is 12.1 Å². The molecule has 1 saturated heterocycles. The number of carbonyl (C=O) groups excluding carboxylic acids is 2. The van der Waals surface area contributed by atoms with Crippen LogP contribution in [0.4, 0.5) is 4.79 Å². The maximum Gasteiger partial charge on any atom is 0.408 e. The van der Waals surface area contributed by atoms with Crippen LogP contribution in [0.25, 0.3) is 11.1 Å². The van der Waals surface area contributed by atoms with Crippen molar-refractivity contribution in [3.8, 4) is 23.0 Å². The number of hydrogen-bond acceptors (Lipinski definition) is 5. The van der Waals surface area contributed by atoms with Crippen molar-refractivity contribution in [2.24, 2.45) is 0 Å². The molecule has 8 heteroatoms. The number of ether oxygens (including phenoxy) is 1. The summed E-state index contributed by atoms with van der Waals surface area (Å²) in [5.74, 6) is 3.56. The third-order valence-corrected chi connectivity index (χ3v) is 8.16. The molecule has 216 valence electrons. The number of amides is 2. The monoisotopic (exact) mass is 565 g/mol. The summed E-state index contributed by atoms with van der Waals surface area (Å²) in [6.45, 7) is 3.52. The normalized spacial score (nSPS) is 16.2. The first-order valence-electron chi connectivity index (χ1n) is 14.2. The third kappa shape index (κ3) is 6.32. The molecule has 0 bridgehead atoms. The van der Waals surface area contributed by atoms with Crippen molar-refractivity contribution in [2.75, 3.05) is 19.7 Å². The maximum atomic E-state index is 13.7. The molecular weight excluding hydrogens is 530 g/mol. The molecule has 2 aliphatic rings. The molecule has 2 amide bonds. The van der Waals surface area contributed by atoms with Crippen LogP contribution >= 0.6 is 0 Å². The van der Waals surface area contributed by atoms with E-state index >= 15 is 0 Å². The van der Waals surface area contributed by atoms with Gasteiger partial charge in [0.25, 0.3) is 0 Å². The first kappa shape index (κ1) is 28.9. The number of alkyl carbamates (subject to hydrolysis) is 1. The molecule has 1 aliphatic heterocycles. The number of nitrogens with one attached hydrogen (secondary N) is 2. The minimum absolute atomic E-state index is 0.0290. The molecule has 1 heterocycles. The van der Waals surface area contributed by atoms with Crippen molar-refractivity contribution in [1.29, 1.82) is 0 Å². The third-order valence-electron chi connectivity index (χ3n) is 8.16. The topological polar surface area (TPSA) is 108 Å². The standard InChI is InChI=1S/C34H35N3O5/c1-2-3-17-30(31(38)39)35-32(40)34(18-20-37(21-19-34)22-24-11-5-4-6-12-24)36-33(41)42-23-29-27-15-9-7-13-25(27)26-14-8-10-16-28(26)29/h4-16,29-30H,17-23H2,1H3,(H,35,40)(H,36,41)(H,38,39). The van der Waals surface area contributed by atoms with E-state index in [2.05, 4.69) is 51.6 Å². The van der Waals surface area contributed by atoms with E-state index in [1.54, 1.807) is 6.92 Å². The summed E-state index contributed by atoms with van der Waals surface area (Å²) in [5.41, 5.74) is 4.27. The number of carbonyl (C=O) groups is 3. The molecule has 1 aliphatic carbocycles. The molecule has 3 aromatic carbocycles. The Morgan fingerprint density at radius 2 is 1.55 bits per heavy atom. The summed E-state index contributed by atoms with van der Waals surface area (Å²) < 4.78 is 5.78. The number of carboxylic acid groups (broad SMARTS) is 1. The zero-order chi connectivity index (χ0) is 29.5. The fourth-order valence-corrected chi connectivity index (χ4v) is 5.87. The van der Waals surface area contributed by atoms with Gasteiger partial charge in [-0.25, -0.2) is 9.59 Å². The first-order chi connectivity index (χ1) is 20.4. The molecule has 3 N–H and O–H groups in total. The zero-order valence-electron chi connectivity index (χ0n) is 23.6. The molecule has 5 rings (SSSR count). The van der Waals surface area contributed by atoms with Gasteiger partial charge in [0.2, 0.25) is 5.91 Å². The summed E-state index contributed by atoms with van der Waals surface area (Å²) in [5, 5.41) is 15.2. The second-order valence-electron chi connectivity index (χ2n) is 10.8. The zero-order valence-corrected chi connectivity index (χ0v) is 23.6. The van der Waals surface area contributed by atoms with Crippen LogP contribution < -0.4 is 10.6 Å². The van der Waals surface area contributed by atoms with E-state index in [0.717, 1.165) is 27.8 Å². The van der Waals surface area contributed by atoms with Crippen LogP contribution in [0, 0.1) is 11.8 Å². The van der Waals surface area contributed by atoms with Crippen LogP contribution in [0.5, 0.6) is 0 Å². The second-order valence-corrected chi connectivity index (χ2v) is 10.8. The van der Waals surface area contributed by atoms with Crippen LogP contribution in [0.2, 0.25) is 0 Å². The fourth-order valence-electron chi connectivity index (χ4n) is 5.87. The number of likely N-dealkylation sites (tertiary alicyclic amines) is 1. The summed E-state index contributed by atoms with van der Waals surface area (Å²) in [6.07, 6.45) is -0.120. The molecule has 1 atom stereocenters. The quantitative estimate of drug-likeness (QED) is 0.329. The van der Waals surface area contributed by atoms with E-state index in [1.165, 1.54) is 0 Å². The van der Waals surface area contributed by atoms with E-state index in [4.69, 9.17) is 4.74 Å². The molecule has 0 spiro atoms. The van der Waals surface area contributed by atoms with E-state index in [-0.39, 0.29) is 18.9 Å². The number of benzene rings is 3. The minimum Gasteiger partial charge on any atom is -0.480 e. The summed E-state index contributed by atoms with van der Waals surface area (Å²) in [4.78, 5) is 41.0. The lowest BCUT2D eigenvalue weighted by Gasteiger charge is -2.41. The summed E-state index contributed by atoms with van der Waals surface area (Å²) in [7, 11) is 0. The number of hydrogen-bond donors (Lipinski definition) is 3. The van der Waals surface area contributed by atoms with E-state index in [0.29, 0.717) is 32.5 Å². The van der Waals surface area contributed by atoms with Crippen molar-refractivity contribution in [3.63, 3.8) is 0 Å². The molecule has 0 saturated carbocycles. The highest BCUT2D eigenvalue weighted by atomic mass is 16.5. The van der Waals surface area contributed by atoms with Gasteiger partial charge in [-0.05, 0) is 47.6 Å². The Morgan fingerprint density at radius 3 is 2.14 bits per heavy atom. The van der Waals surface area contributed by atoms with Gasteiger partial charge in [0, 0.05) is 32.0 Å². The van der Waals surface area contributed by atoms with Crippen molar-refractivity contribution in [2.45, 2.75) is 50.2 Å². The number of fused-ring (bicyclic) bond motifs is 3. The Labute approximate surface area is 246 Å². The SMILES string of the molecule is CC#CCC(NC(=O)C1(NC(=O)OCC2c3ccccc3-c3ccccc32)CCN(Cc2ccccc2)CC1)C(=O)O. The average molecular weight is 566 g/mol. The highest BCUT2D eigenvalue weighted by Crippen LogP contribution is 2.44. The van der Waals surface area contributed by atoms with Gasteiger partial charge in [-0.15, -0.1) is 11.8 Å². The maximum absolute atomic E-state index is 13.7. The van der Waals surface area contributed by atoms with Crippen molar-refractivity contribution in [1.82, 2.24) is 15.5 Å². The van der Waals surface area contributed by atoms with E-state index in [9.17, 15) is 19.5 Å². The van der Waals surface area contributed by atoms with Gasteiger partial charge in [0.05, 0.1) is 0 Å². The predicted octanol–water partition coefficient (Wildman–Crippen LogP) is 4.54. The number of carboxylic acids is 1. The van der Waals surface area contributed by atoms with Crippen molar-refractivity contribution < 1.29 is 24.2 Å². The fraction of sp³-hybridized carbons (Fsp3) is 0.324. The van der Waals surface area contributed by atoms with Gasteiger partial charge in [-0.3, -0.25) is 9.69 Å². The van der Waals surface area contributed by atoms with Crippen LogP contribution in [-0.4, -0.2) is 59.3 Å². The number of rotatable bonds is 9. The van der Waals surface area contributed by atoms with Crippen LogP contribution in [-0.2, 0) is 20.9 Å². The Kier molecular flexibility index (Phi) is 8.89. The van der Waals surface area contributed by atoms with Gasteiger partial charge in [0.15, 0.2) is 0 Å². The Balaban J connectivity index is 1.30.